The summed E-state index contributed by atoms with van der Waals surface area (Å²) in [4.78, 5) is 16.4. The van der Waals surface area contributed by atoms with Gasteiger partial charge in [-0.2, -0.15) is 0 Å². The maximum atomic E-state index is 11.3. The third kappa shape index (κ3) is 2.89. The molecular formula is C11H16N2O3S2. The second-order valence-electron chi connectivity index (χ2n) is 4.12. The molecule has 18 heavy (non-hydrogen) atoms. The summed E-state index contributed by atoms with van der Waals surface area (Å²) in [5, 5.41) is 12.9. The first-order chi connectivity index (χ1) is 8.61. The first-order valence-electron chi connectivity index (χ1n) is 5.93. The molecule has 5 nitrogen and oxygen atoms in total. The molecule has 0 saturated carbocycles. The lowest BCUT2D eigenvalue weighted by atomic mass is 10.1. The number of carbonyl (C=O) groups is 1. The zero-order chi connectivity index (χ0) is 13.1. The van der Waals surface area contributed by atoms with Crippen molar-refractivity contribution < 1.29 is 14.1 Å². The largest absolute Gasteiger partial charge is 0.481 e. The van der Waals surface area contributed by atoms with E-state index < -0.39 is 22.7 Å². The highest BCUT2D eigenvalue weighted by molar-refractivity contribution is 7.84. The number of thiazole rings is 1. The molecule has 2 unspecified atom stereocenters. The molecule has 1 aliphatic rings. The Morgan fingerprint density at radius 1 is 1.67 bits per heavy atom. The number of carboxylic acid groups (broad SMARTS) is 1. The van der Waals surface area contributed by atoms with E-state index in [4.69, 9.17) is 5.11 Å². The van der Waals surface area contributed by atoms with E-state index in [-0.39, 0.29) is 0 Å². The summed E-state index contributed by atoms with van der Waals surface area (Å²) < 4.78 is 11.3. The first kappa shape index (κ1) is 13.5. The topological polar surface area (TPSA) is 79.3 Å². The molecule has 2 N–H and O–H groups in total. The average Bonchev–Trinajstić information content (AvgIpc) is 2.87. The van der Waals surface area contributed by atoms with Crippen molar-refractivity contribution in [2.24, 2.45) is 0 Å². The number of aromatic nitrogens is 1. The monoisotopic (exact) mass is 288 g/mol. The van der Waals surface area contributed by atoms with Crippen molar-refractivity contribution >= 4 is 33.2 Å². The molecule has 0 spiro atoms. The van der Waals surface area contributed by atoms with Gasteiger partial charge in [0.05, 0.1) is 5.69 Å². The van der Waals surface area contributed by atoms with Crippen molar-refractivity contribution in [1.29, 1.82) is 0 Å². The van der Waals surface area contributed by atoms with Crippen LogP contribution < -0.4 is 5.32 Å². The van der Waals surface area contributed by atoms with Gasteiger partial charge < -0.3 is 10.4 Å². The molecule has 1 aromatic heterocycles. The normalized spacial score (nSPS) is 19.5. The average molecular weight is 288 g/mol. The van der Waals surface area contributed by atoms with Crippen LogP contribution in [0.1, 0.15) is 29.8 Å². The summed E-state index contributed by atoms with van der Waals surface area (Å²) in [5.74, 6) is 0.0227. The van der Waals surface area contributed by atoms with Crippen LogP contribution in [0.5, 0.6) is 0 Å². The second-order valence-corrected chi connectivity index (χ2v) is 7.07. The molecule has 0 fully saturated rings. The number of rotatable bonds is 6. The molecule has 1 heterocycles. The van der Waals surface area contributed by atoms with E-state index in [0.29, 0.717) is 30.2 Å². The number of aryl methyl sites for hydroxylation is 1. The number of nitrogens with one attached hydrogen (secondary N) is 1. The summed E-state index contributed by atoms with van der Waals surface area (Å²) in [7, 11) is -0.781. The van der Waals surface area contributed by atoms with Crippen LogP contribution in [-0.4, -0.2) is 38.3 Å². The Morgan fingerprint density at radius 2 is 2.44 bits per heavy atom. The minimum absolute atomic E-state index is 0.448. The van der Waals surface area contributed by atoms with Crippen LogP contribution in [0.3, 0.4) is 0 Å². The minimum Gasteiger partial charge on any atom is -0.481 e. The summed E-state index contributed by atoms with van der Waals surface area (Å²) in [6.07, 6.45) is 1.45. The highest BCUT2D eigenvalue weighted by Crippen LogP contribution is 2.38. The van der Waals surface area contributed by atoms with Crippen molar-refractivity contribution in [3.8, 4) is 0 Å². The molecule has 0 aliphatic heterocycles. The van der Waals surface area contributed by atoms with E-state index in [1.807, 2.05) is 6.92 Å². The van der Waals surface area contributed by atoms with Crippen LogP contribution in [0.25, 0.3) is 0 Å². The van der Waals surface area contributed by atoms with Gasteiger partial charge in [0, 0.05) is 33.7 Å². The molecule has 7 heteroatoms. The quantitative estimate of drug-likeness (QED) is 0.828. The van der Waals surface area contributed by atoms with Crippen molar-refractivity contribution in [3.63, 3.8) is 0 Å². The van der Waals surface area contributed by atoms with Gasteiger partial charge in [0.15, 0.2) is 5.13 Å². The van der Waals surface area contributed by atoms with Crippen molar-refractivity contribution in [2.45, 2.75) is 25.7 Å². The van der Waals surface area contributed by atoms with E-state index in [2.05, 4.69) is 10.3 Å². The first-order valence-corrected chi connectivity index (χ1v) is 8.23. The lowest BCUT2D eigenvalue weighted by Gasteiger charge is -2.03. The fraction of sp³-hybridized carbons (Fsp3) is 0.636. The second kappa shape index (κ2) is 5.79. The van der Waals surface area contributed by atoms with Crippen LogP contribution in [0, 0.1) is 0 Å². The van der Waals surface area contributed by atoms with Gasteiger partial charge in [-0.3, -0.25) is 9.00 Å². The van der Waals surface area contributed by atoms with Gasteiger partial charge >= 0.3 is 5.97 Å². The Hall–Kier alpha value is -0.950. The van der Waals surface area contributed by atoms with Crippen molar-refractivity contribution in [1.82, 2.24) is 4.98 Å². The summed E-state index contributed by atoms with van der Waals surface area (Å²) >= 11 is 1.52. The molecule has 1 aromatic rings. The molecule has 0 bridgehead atoms. The van der Waals surface area contributed by atoms with Crippen LogP contribution in [0.4, 0.5) is 5.13 Å². The Labute approximate surface area is 112 Å². The van der Waals surface area contributed by atoms with E-state index in [9.17, 15) is 9.00 Å². The van der Waals surface area contributed by atoms with E-state index in [0.717, 1.165) is 16.4 Å². The Bertz CT molecular complexity index is 473. The van der Waals surface area contributed by atoms with Crippen molar-refractivity contribution in [3.05, 3.63) is 10.6 Å². The molecule has 0 aromatic carbocycles. The zero-order valence-corrected chi connectivity index (χ0v) is 11.8. The number of anilines is 1. The predicted molar refractivity (Wildman–Crippen MR) is 72.9 cm³/mol. The van der Waals surface area contributed by atoms with Crippen LogP contribution in [0.15, 0.2) is 0 Å². The number of hydrogen-bond acceptors (Lipinski definition) is 5. The standard InChI is InChI=1S/C11H16N2O3S2/c1-2-18(16)6-5-12-11-13-9-7(10(14)15)3-4-8(9)17-11/h7H,2-6H2,1H3,(H,12,13)(H,14,15). The Kier molecular flexibility index (Phi) is 4.34. The zero-order valence-electron chi connectivity index (χ0n) is 10.1. The third-order valence-electron chi connectivity index (χ3n) is 2.94. The van der Waals surface area contributed by atoms with Crippen LogP contribution >= 0.6 is 11.3 Å². The lowest BCUT2D eigenvalue weighted by molar-refractivity contribution is -0.138. The summed E-state index contributed by atoms with van der Waals surface area (Å²) in [6.45, 7) is 2.51. The fourth-order valence-corrected chi connectivity index (χ4v) is 3.64. The lowest BCUT2D eigenvalue weighted by Crippen LogP contribution is -2.12. The van der Waals surface area contributed by atoms with Gasteiger partial charge in [0.1, 0.15) is 5.92 Å². The predicted octanol–water partition coefficient (Wildman–Crippen LogP) is 1.44. The highest BCUT2D eigenvalue weighted by atomic mass is 32.2. The van der Waals surface area contributed by atoms with Gasteiger partial charge in [-0.05, 0) is 12.8 Å². The highest BCUT2D eigenvalue weighted by Gasteiger charge is 2.32. The molecule has 0 amide bonds. The minimum atomic E-state index is -0.794. The maximum Gasteiger partial charge on any atom is 0.312 e. The molecule has 0 saturated heterocycles. The van der Waals surface area contributed by atoms with Crippen molar-refractivity contribution in [2.75, 3.05) is 23.4 Å². The third-order valence-corrected chi connectivity index (χ3v) is 5.34. The van der Waals surface area contributed by atoms with Crippen LogP contribution in [0.2, 0.25) is 0 Å². The van der Waals surface area contributed by atoms with Gasteiger partial charge in [0.25, 0.3) is 0 Å². The molecule has 2 atom stereocenters. The molecular weight excluding hydrogens is 272 g/mol. The smallest absolute Gasteiger partial charge is 0.312 e. The van der Waals surface area contributed by atoms with Gasteiger partial charge in [-0.15, -0.1) is 11.3 Å². The van der Waals surface area contributed by atoms with Gasteiger partial charge in [0.2, 0.25) is 0 Å². The number of aliphatic carboxylic acids is 1. The number of hydrogen-bond donors (Lipinski definition) is 2. The number of nitrogens with zero attached hydrogens (tertiary/aromatic N) is 1. The van der Waals surface area contributed by atoms with Gasteiger partial charge in [-0.1, -0.05) is 6.92 Å². The van der Waals surface area contributed by atoms with E-state index >= 15 is 0 Å². The van der Waals surface area contributed by atoms with Gasteiger partial charge in [-0.25, -0.2) is 4.98 Å². The molecule has 1 aliphatic carbocycles. The van der Waals surface area contributed by atoms with E-state index in [1.54, 1.807) is 0 Å². The Morgan fingerprint density at radius 3 is 3.11 bits per heavy atom. The SMILES string of the molecule is CCS(=O)CCNc1nc2c(s1)CCC2C(=O)O. The Balaban J connectivity index is 1.95. The molecule has 0 radical (unpaired) electrons. The van der Waals surface area contributed by atoms with Crippen LogP contribution in [-0.2, 0) is 22.0 Å². The maximum absolute atomic E-state index is 11.3. The summed E-state index contributed by atoms with van der Waals surface area (Å²) in [5.41, 5.74) is 0.714. The summed E-state index contributed by atoms with van der Waals surface area (Å²) in [6, 6.07) is 0. The molecule has 100 valence electrons. The van der Waals surface area contributed by atoms with E-state index in [1.165, 1.54) is 11.3 Å². The molecule has 2 rings (SSSR count). The fourth-order valence-electron chi connectivity index (χ4n) is 1.96. The number of carboxylic acids is 1. The number of fused-ring (bicyclic) bond motifs is 1.